The molecule has 0 spiro atoms. The predicted octanol–water partition coefficient (Wildman–Crippen LogP) is 2.77. The highest BCUT2D eigenvalue weighted by Gasteiger charge is 2.37. The van der Waals surface area contributed by atoms with Gasteiger partial charge in [-0.05, 0) is 30.7 Å². The molecule has 82 valence electrons. The molecule has 1 fully saturated rings. The Morgan fingerprint density at radius 1 is 1.40 bits per heavy atom. The van der Waals surface area contributed by atoms with Crippen LogP contribution in [0.5, 0.6) is 5.75 Å². The van der Waals surface area contributed by atoms with Crippen LogP contribution in [0.25, 0.3) is 0 Å². The van der Waals surface area contributed by atoms with Crippen molar-refractivity contribution in [2.24, 2.45) is 0 Å². The van der Waals surface area contributed by atoms with Gasteiger partial charge in [-0.3, -0.25) is 0 Å². The molecule has 1 aromatic carbocycles. The summed E-state index contributed by atoms with van der Waals surface area (Å²) in [5, 5.41) is 0. The average Bonchev–Trinajstić information content (AvgIpc) is 2.20. The summed E-state index contributed by atoms with van der Waals surface area (Å²) < 4.78 is 23.7. The largest absolute Gasteiger partial charge is 0.491 e. The number of halogens is 1. The zero-order chi connectivity index (χ0) is 10.7. The molecule has 1 aliphatic heterocycles. The molecule has 2 rings (SSSR count). The van der Waals surface area contributed by atoms with Gasteiger partial charge < -0.3 is 9.47 Å². The lowest BCUT2D eigenvalue weighted by molar-refractivity contribution is -0.166. The van der Waals surface area contributed by atoms with Gasteiger partial charge in [-0.2, -0.15) is 0 Å². The van der Waals surface area contributed by atoms with Gasteiger partial charge in [0.15, 0.2) is 0 Å². The summed E-state index contributed by atoms with van der Waals surface area (Å²) in [7, 11) is 0. The first kappa shape index (κ1) is 10.4. The Hall–Kier alpha value is -1.09. The predicted molar refractivity (Wildman–Crippen MR) is 55.5 cm³/mol. The standard InChI is InChI=1S/C12H15FO2/c1-2-12(7-8-15-12)9-14-11-5-3-10(13)4-6-11/h3-6H,2,7-9H2,1H3. The lowest BCUT2D eigenvalue weighted by Gasteiger charge is -2.40. The molecular weight excluding hydrogens is 195 g/mol. The zero-order valence-electron chi connectivity index (χ0n) is 8.83. The topological polar surface area (TPSA) is 18.5 Å². The Morgan fingerprint density at radius 2 is 2.07 bits per heavy atom. The van der Waals surface area contributed by atoms with E-state index in [2.05, 4.69) is 6.92 Å². The smallest absolute Gasteiger partial charge is 0.123 e. The summed E-state index contributed by atoms with van der Waals surface area (Å²) in [6.07, 6.45) is 2.00. The molecule has 0 amide bonds. The van der Waals surface area contributed by atoms with Crippen LogP contribution in [0.3, 0.4) is 0 Å². The summed E-state index contributed by atoms with van der Waals surface area (Å²) in [6.45, 7) is 3.46. The molecule has 1 aromatic rings. The third-order valence-electron chi connectivity index (χ3n) is 2.93. The first-order valence-electron chi connectivity index (χ1n) is 5.26. The van der Waals surface area contributed by atoms with Crippen LogP contribution < -0.4 is 4.74 Å². The number of rotatable bonds is 4. The molecule has 1 aliphatic rings. The van der Waals surface area contributed by atoms with Crippen LogP contribution in [-0.4, -0.2) is 18.8 Å². The Bertz CT molecular complexity index is 311. The SMILES string of the molecule is CCC1(COc2ccc(F)cc2)CCO1. The van der Waals surface area contributed by atoms with E-state index in [1.54, 1.807) is 12.1 Å². The normalized spacial score (nSPS) is 24.7. The minimum Gasteiger partial charge on any atom is -0.491 e. The third-order valence-corrected chi connectivity index (χ3v) is 2.93. The zero-order valence-corrected chi connectivity index (χ0v) is 8.83. The fourth-order valence-electron chi connectivity index (χ4n) is 1.63. The average molecular weight is 210 g/mol. The maximum atomic E-state index is 12.6. The molecule has 0 N–H and O–H groups in total. The number of hydrogen-bond donors (Lipinski definition) is 0. The number of hydrogen-bond acceptors (Lipinski definition) is 2. The molecular formula is C12H15FO2. The van der Waals surface area contributed by atoms with E-state index in [1.165, 1.54) is 12.1 Å². The molecule has 0 aromatic heterocycles. The minimum atomic E-state index is -0.243. The first-order valence-corrected chi connectivity index (χ1v) is 5.26. The van der Waals surface area contributed by atoms with Crippen molar-refractivity contribution in [1.29, 1.82) is 0 Å². The Labute approximate surface area is 89.0 Å². The highest BCUT2D eigenvalue weighted by molar-refractivity contribution is 5.22. The van der Waals surface area contributed by atoms with Crippen LogP contribution in [0, 0.1) is 5.82 Å². The lowest BCUT2D eigenvalue weighted by Crippen LogP contribution is -2.48. The van der Waals surface area contributed by atoms with Gasteiger partial charge in [0.2, 0.25) is 0 Å². The van der Waals surface area contributed by atoms with E-state index in [-0.39, 0.29) is 11.4 Å². The van der Waals surface area contributed by atoms with Crippen molar-refractivity contribution in [1.82, 2.24) is 0 Å². The second-order valence-electron chi connectivity index (χ2n) is 3.88. The Kier molecular flexibility index (Phi) is 2.91. The van der Waals surface area contributed by atoms with Crippen molar-refractivity contribution in [3.8, 4) is 5.75 Å². The summed E-state index contributed by atoms with van der Waals surface area (Å²) in [6, 6.07) is 6.07. The second-order valence-corrected chi connectivity index (χ2v) is 3.88. The van der Waals surface area contributed by atoms with Gasteiger partial charge in [-0.15, -0.1) is 0 Å². The third kappa shape index (κ3) is 2.29. The van der Waals surface area contributed by atoms with Crippen LogP contribution in [0.1, 0.15) is 19.8 Å². The molecule has 2 nitrogen and oxygen atoms in total. The molecule has 0 saturated carbocycles. The van der Waals surface area contributed by atoms with Crippen molar-refractivity contribution in [3.05, 3.63) is 30.1 Å². The van der Waals surface area contributed by atoms with Crippen LogP contribution in [-0.2, 0) is 4.74 Å². The monoisotopic (exact) mass is 210 g/mol. The van der Waals surface area contributed by atoms with Crippen LogP contribution in [0.4, 0.5) is 4.39 Å². The summed E-state index contributed by atoms with van der Waals surface area (Å²) >= 11 is 0. The van der Waals surface area contributed by atoms with E-state index in [0.29, 0.717) is 12.4 Å². The van der Waals surface area contributed by atoms with Crippen LogP contribution in [0.2, 0.25) is 0 Å². The minimum absolute atomic E-state index is 0.103. The second kappa shape index (κ2) is 4.19. The Balaban J connectivity index is 1.90. The van der Waals surface area contributed by atoms with Crippen molar-refractivity contribution >= 4 is 0 Å². The van der Waals surface area contributed by atoms with Crippen molar-refractivity contribution in [3.63, 3.8) is 0 Å². The quantitative estimate of drug-likeness (QED) is 0.760. The van der Waals surface area contributed by atoms with Gasteiger partial charge >= 0.3 is 0 Å². The molecule has 0 bridgehead atoms. The van der Waals surface area contributed by atoms with E-state index in [4.69, 9.17) is 9.47 Å². The molecule has 15 heavy (non-hydrogen) atoms. The molecule has 1 heterocycles. The molecule has 1 atom stereocenters. The van der Waals surface area contributed by atoms with Crippen LogP contribution in [0.15, 0.2) is 24.3 Å². The number of ether oxygens (including phenoxy) is 2. The van der Waals surface area contributed by atoms with Gasteiger partial charge in [-0.1, -0.05) is 6.92 Å². The molecule has 3 heteroatoms. The van der Waals surface area contributed by atoms with Gasteiger partial charge in [0, 0.05) is 6.42 Å². The number of benzene rings is 1. The summed E-state index contributed by atoms with van der Waals surface area (Å²) in [5.74, 6) is 0.451. The summed E-state index contributed by atoms with van der Waals surface area (Å²) in [5.41, 5.74) is -0.103. The van der Waals surface area contributed by atoms with Crippen molar-refractivity contribution in [2.45, 2.75) is 25.4 Å². The summed E-state index contributed by atoms with van der Waals surface area (Å²) in [4.78, 5) is 0. The van der Waals surface area contributed by atoms with E-state index in [9.17, 15) is 4.39 Å². The molecule has 0 aliphatic carbocycles. The maximum absolute atomic E-state index is 12.6. The van der Waals surface area contributed by atoms with E-state index in [1.807, 2.05) is 0 Å². The fraction of sp³-hybridized carbons (Fsp3) is 0.500. The Morgan fingerprint density at radius 3 is 2.53 bits per heavy atom. The van der Waals surface area contributed by atoms with Gasteiger partial charge in [-0.25, -0.2) is 4.39 Å². The van der Waals surface area contributed by atoms with Gasteiger partial charge in [0.1, 0.15) is 23.8 Å². The fourth-order valence-corrected chi connectivity index (χ4v) is 1.63. The maximum Gasteiger partial charge on any atom is 0.123 e. The highest BCUT2D eigenvalue weighted by atomic mass is 19.1. The first-order chi connectivity index (χ1) is 7.24. The van der Waals surface area contributed by atoms with Crippen molar-refractivity contribution < 1.29 is 13.9 Å². The molecule has 1 unspecified atom stereocenters. The van der Waals surface area contributed by atoms with E-state index in [0.717, 1.165) is 19.4 Å². The van der Waals surface area contributed by atoms with Gasteiger partial charge in [0.25, 0.3) is 0 Å². The van der Waals surface area contributed by atoms with Gasteiger partial charge in [0.05, 0.1) is 6.61 Å². The molecule has 1 saturated heterocycles. The highest BCUT2D eigenvalue weighted by Crippen LogP contribution is 2.30. The van der Waals surface area contributed by atoms with E-state index < -0.39 is 0 Å². The lowest BCUT2D eigenvalue weighted by atomic mass is 9.93. The van der Waals surface area contributed by atoms with Crippen molar-refractivity contribution in [2.75, 3.05) is 13.2 Å². The molecule has 0 radical (unpaired) electrons. The van der Waals surface area contributed by atoms with Crippen LogP contribution >= 0.6 is 0 Å². The van der Waals surface area contributed by atoms with E-state index >= 15 is 0 Å².